The maximum Gasteiger partial charge on any atom is 0.412 e. The van der Waals surface area contributed by atoms with Gasteiger partial charge in [0.25, 0.3) is 0 Å². The van der Waals surface area contributed by atoms with Crippen LogP contribution in [0.25, 0.3) is 0 Å². The van der Waals surface area contributed by atoms with Crippen LogP contribution in [0.15, 0.2) is 24.3 Å². The van der Waals surface area contributed by atoms with Crippen molar-refractivity contribution in [3.8, 4) is 0 Å². The van der Waals surface area contributed by atoms with E-state index in [9.17, 15) is 14.4 Å². The second-order valence-corrected chi connectivity index (χ2v) is 9.53. The van der Waals surface area contributed by atoms with Crippen molar-refractivity contribution in [1.82, 2.24) is 15.5 Å². The fourth-order valence-electron chi connectivity index (χ4n) is 4.34. The Morgan fingerprint density at radius 2 is 1.66 bits per heavy atom. The highest BCUT2D eigenvalue weighted by molar-refractivity contribution is 6.04. The number of amides is 3. The van der Waals surface area contributed by atoms with Crippen LogP contribution in [0.4, 0.5) is 15.3 Å². The van der Waals surface area contributed by atoms with Crippen molar-refractivity contribution in [3.05, 3.63) is 29.8 Å². The van der Waals surface area contributed by atoms with Gasteiger partial charge in [0.1, 0.15) is 5.84 Å². The highest BCUT2D eigenvalue weighted by atomic mass is 16.5. The Morgan fingerprint density at radius 1 is 1.03 bits per heavy atom. The van der Waals surface area contributed by atoms with Crippen LogP contribution in [0, 0.1) is 17.2 Å². The second kappa shape index (κ2) is 12.4. The van der Waals surface area contributed by atoms with Gasteiger partial charge in [-0.3, -0.25) is 15.5 Å². The molecule has 192 valence electrons. The van der Waals surface area contributed by atoms with E-state index in [1.54, 1.807) is 12.1 Å². The number of ether oxygens (including phenoxy) is 2. The van der Waals surface area contributed by atoms with E-state index in [1.807, 2.05) is 30.9 Å². The Hall–Kier alpha value is -3.30. The first-order chi connectivity index (χ1) is 16.8. The van der Waals surface area contributed by atoms with E-state index < -0.39 is 6.09 Å². The number of hydrogen-bond donors (Lipinski definition) is 3. The number of benzene rings is 1. The van der Waals surface area contributed by atoms with Gasteiger partial charge in [-0.15, -0.1) is 0 Å². The molecule has 0 spiro atoms. The molecular weight excluding hydrogens is 450 g/mol. The zero-order chi connectivity index (χ0) is 25.4. The number of rotatable bonds is 6. The number of anilines is 1. The molecular formula is C25H37N5O5. The quantitative estimate of drug-likeness (QED) is 0.322. The van der Waals surface area contributed by atoms with E-state index >= 15 is 0 Å². The first-order valence-corrected chi connectivity index (χ1v) is 12.3. The van der Waals surface area contributed by atoms with Gasteiger partial charge < -0.3 is 24.6 Å². The van der Waals surface area contributed by atoms with Gasteiger partial charge >= 0.3 is 18.1 Å². The molecule has 3 amide bonds. The van der Waals surface area contributed by atoms with Crippen LogP contribution in [0.2, 0.25) is 0 Å². The summed E-state index contributed by atoms with van der Waals surface area (Å²) in [7, 11) is 1.25. The highest BCUT2D eigenvalue weighted by Gasteiger charge is 2.30. The first kappa shape index (κ1) is 26.3. The summed E-state index contributed by atoms with van der Waals surface area (Å²) < 4.78 is 9.88. The molecule has 3 rings (SSSR count). The normalized spacial score (nSPS) is 20.2. The number of carbonyl (C=O) groups excluding carboxylic acids is 3. The van der Waals surface area contributed by atoms with E-state index in [2.05, 4.69) is 20.3 Å². The van der Waals surface area contributed by atoms with E-state index in [-0.39, 0.29) is 29.8 Å². The molecule has 3 N–H and O–H groups in total. The molecule has 10 nitrogen and oxygen atoms in total. The van der Waals surface area contributed by atoms with Crippen molar-refractivity contribution < 1.29 is 23.9 Å². The summed E-state index contributed by atoms with van der Waals surface area (Å²) in [4.78, 5) is 40.2. The van der Waals surface area contributed by atoms with Crippen LogP contribution in [-0.2, 0) is 14.3 Å². The number of methoxy groups -OCH3 is 1. The van der Waals surface area contributed by atoms with Gasteiger partial charge in [-0.1, -0.05) is 13.8 Å². The molecule has 35 heavy (non-hydrogen) atoms. The number of hydrogen-bond acceptors (Lipinski definition) is 7. The van der Waals surface area contributed by atoms with Crippen molar-refractivity contribution in [2.24, 2.45) is 11.8 Å². The second-order valence-electron chi connectivity index (χ2n) is 9.53. The van der Waals surface area contributed by atoms with Crippen LogP contribution in [0.1, 0.15) is 45.1 Å². The molecule has 2 fully saturated rings. The Bertz CT molecular complexity index is 888. The minimum absolute atomic E-state index is 0.0219. The van der Waals surface area contributed by atoms with Crippen LogP contribution in [0.5, 0.6) is 0 Å². The fraction of sp³-hybridized carbons (Fsp3) is 0.600. The number of piperazine rings is 1. The maximum absolute atomic E-state index is 12.8. The van der Waals surface area contributed by atoms with Gasteiger partial charge in [0.2, 0.25) is 0 Å². The lowest BCUT2D eigenvalue weighted by molar-refractivity contribution is -0.150. The molecule has 0 unspecified atom stereocenters. The molecule has 1 heterocycles. The Balaban J connectivity index is 1.40. The lowest BCUT2D eigenvalue weighted by atomic mass is 9.86. The molecule has 1 aliphatic heterocycles. The maximum atomic E-state index is 12.8. The SMILES string of the molecule is COC(=O)NC(=N)c1ccc(N2CCN(C(=O)N[C@H]3CC[C@H](C(=O)OCC(C)C)CC3)CC2)cc1. The third kappa shape index (κ3) is 7.60. The van der Waals surface area contributed by atoms with E-state index in [1.165, 1.54) is 7.11 Å². The summed E-state index contributed by atoms with van der Waals surface area (Å²) in [5.74, 6) is 0.145. The predicted octanol–water partition coefficient (Wildman–Crippen LogP) is 2.96. The number of amidine groups is 1. The molecule has 1 aromatic carbocycles. The molecule has 1 aromatic rings. The van der Waals surface area contributed by atoms with Crippen LogP contribution in [-0.4, -0.2) is 74.8 Å². The van der Waals surface area contributed by atoms with E-state index in [0.717, 1.165) is 31.4 Å². The number of nitrogens with one attached hydrogen (secondary N) is 3. The fourth-order valence-corrected chi connectivity index (χ4v) is 4.34. The predicted molar refractivity (Wildman–Crippen MR) is 133 cm³/mol. The van der Waals surface area contributed by atoms with Crippen molar-refractivity contribution in [2.45, 2.75) is 45.6 Å². The van der Waals surface area contributed by atoms with Crippen molar-refractivity contribution >= 4 is 29.6 Å². The molecule has 0 radical (unpaired) electrons. The summed E-state index contributed by atoms with van der Waals surface area (Å²) in [5.41, 5.74) is 1.59. The van der Waals surface area contributed by atoms with Gasteiger partial charge in [0.15, 0.2) is 0 Å². The average Bonchev–Trinajstić information content (AvgIpc) is 2.87. The molecule has 2 aliphatic rings. The zero-order valence-corrected chi connectivity index (χ0v) is 20.8. The molecule has 10 heteroatoms. The summed E-state index contributed by atoms with van der Waals surface area (Å²) in [5, 5.41) is 13.4. The van der Waals surface area contributed by atoms with Gasteiger partial charge in [-0.25, -0.2) is 9.59 Å². The smallest absolute Gasteiger partial charge is 0.412 e. The van der Waals surface area contributed by atoms with E-state index in [0.29, 0.717) is 44.3 Å². The Labute approximate surface area is 206 Å². The minimum Gasteiger partial charge on any atom is -0.465 e. The van der Waals surface area contributed by atoms with Crippen molar-refractivity contribution in [1.29, 1.82) is 5.41 Å². The first-order valence-electron chi connectivity index (χ1n) is 12.3. The minimum atomic E-state index is -0.675. The van der Waals surface area contributed by atoms with Gasteiger partial charge in [0, 0.05) is 43.5 Å². The number of alkyl carbamates (subject to hydrolysis) is 1. The summed E-state index contributed by atoms with van der Waals surface area (Å²) >= 11 is 0. The molecule has 1 saturated heterocycles. The van der Waals surface area contributed by atoms with Crippen LogP contribution >= 0.6 is 0 Å². The van der Waals surface area contributed by atoms with Crippen molar-refractivity contribution in [2.75, 3.05) is 44.8 Å². The van der Waals surface area contributed by atoms with Gasteiger partial charge in [-0.2, -0.15) is 0 Å². The lowest BCUT2D eigenvalue weighted by Gasteiger charge is -2.37. The van der Waals surface area contributed by atoms with Crippen LogP contribution < -0.4 is 15.5 Å². The topological polar surface area (TPSA) is 124 Å². The number of esters is 1. The van der Waals surface area contributed by atoms with Gasteiger partial charge in [0.05, 0.1) is 19.6 Å². The van der Waals surface area contributed by atoms with Crippen molar-refractivity contribution in [3.63, 3.8) is 0 Å². The summed E-state index contributed by atoms with van der Waals surface area (Å²) in [6.07, 6.45) is 2.40. The summed E-state index contributed by atoms with van der Waals surface area (Å²) in [6.45, 7) is 7.15. The molecule has 0 bridgehead atoms. The monoisotopic (exact) mass is 487 g/mol. The van der Waals surface area contributed by atoms with Gasteiger partial charge in [-0.05, 0) is 55.9 Å². The lowest BCUT2D eigenvalue weighted by Crippen LogP contribution is -2.54. The molecule has 0 aromatic heterocycles. The average molecular weight is 488 g/mol. The Morgan fingerprint density at radius 3 is 2.23 bits per heavy atom. The standard InChI is InChI=1S/C25H37N5O5/c1-17(2)16-35-23(31)19-4-8-20(9-5-19)27-24(32)30-14-12-29(13-15-30)21-10-6-18(7-11-21)22(26)28-25(33)34-3/h6-7,10-11,17,19-20H,4-5,8-9,12-16H2,1-3H3,(H,27,32)(H2,26,28,33)/t19-,20-. The third-order valence-corrected chi connectivity index (χ3v) is 6.45. The molecule has 0 atom stereocenters. The number of nitrogens with zero attached hydrogens (tertiary/aromatic N) is 2. The Kier molecular flexibility index (Phi) is 9.33. The van der Waals surface area contributed by atoms with Crippen LogP contribution in [0.3, 0.4) is 0 Å². The third-order valence-electron chi connectivity index (χ3n) is 6.45. The summed E-state index contributed by atoms with van der Waals surface area (Å²) in [6, 6.07) is 7.42. The van der Waals surface area contributed by atoms with E-state index in [4.69, 9.17) is 10.1 Å². The number of carbonyl (C=O) groups is 3. The highest BCUT2D eigenvalue weighted by Crippen LogP contribution is 2.26. The largest absolute Gasteiger partial charge is 0.465 e. The number of urea groups is 1. The molecule has 1 aliphatic carbocycles. The molecule has 1 saturated carbocycles. The zero-order valence-electron chi connectivity index (χ0n) is 20.8.